The first kappa shape index (κ1) is 17.4. The van der Waals surface area contributed by atoms with E-state index in [9.17, 15) is 8.42 Å². The van der Waals surface area contributed by atoms with Gasteiger partial charge in [-0.25, -0.2) is 13.4 Å². The van der Waals surface area contributed by atoms with Gasteiger partial charge in [-0.2, -0.15) is 5.10 Å². The second-order valence-electron chi connectivity index (χ2n) is 5.67. The Hall–Kier alpha value is -3.04. The van der Waals surface area contributed by atoms with Gasteiger partial charge in [0, 0.05) is 6.07 Å². The molecule has 3 N–H and O–H groups in total. The van der Waals surface area contributed by atoms with Crippen LogP contribution in [0.3, 0.4) is 0 Å². The fraction of sp³-hybridized carbons (Fsp3) is 0.0588. The summed E-state index contributed by atoms with van der Waals surface area (Å²) in [5.41, 5.74) is 2.23. The molecule has 0 aliphatic rings. The molecule has 27 heavy (non-hydrogen) atoms. The molecule has 8 nitrogen and oxygen atoms in total. The number of fused-ring (bicyclic) bond motifs is 1. The van der Waals surface area contributed by atoms with Crippen LogP contribution in [0.2, 0.25) is 5.02 Å². The predicted octanol–water partition coefficient (Wildman–Crippen LogP) is 3.42. The fourth-order valence-electron chi connectivity index (χ4n) is 2.59. The molecular formula is C17H14ClN5O3S. The summed E-state index contributed by atoms with van der Waals surface area (Å²) in [6.45, 7) is 0. The molecule has 2 aromatic carbocycles. The van der Waals surface area contributed by atoms with Crippen LogP contribution in [0, 0.1) is 0 Å². The maximum atomic E-state index is 12.6. The number of anilines is 1. The number of ether oxygens (including phenoxy) is 1. The van der Waals surface area contributed by atoms with Crippen molar-refractivity contribution in [3.63, 3.8) is 0 Å². The number of rotatable bonds is 5. The number of nitrogens with zero attached hydrogens (tertiary/aromatic N) is 2. The molecule has 10 heteroatoms. The third-order valence-electron chi connectivity index (χ3n) is 3.89. The average Bonchev–Trinajstić information content (AvgIpc) is 3.27. The summed E-state index contributed by atoms with van der Waals surface area (Å²) in [6, 6.07) is 13.3. The van der Waals surface area contributed by atoms with Crippen LogP contribution in [0.4, 0.5) is 5.82 Å². The zero-order valence-electron chi connectivity index (χ0n) is 14.0. The highest BCUT2D eigenvalue weighted by Crippen LogP contribution is 2.28. The molecule has 0 spiro atoms. The summed E-state index contributed by atoms with van der Waals surface area (Å²) < 4.78 is 32.5. The van der Waals surface area contributed by atoms with Crippen LogP contribution in [0.25, 0.3) is 22.6 Å². The number of H-pyrrole nitrogens is 2. The standard InChI is InChI=1S/C17H14ClN5O3S/c1-26-15-7-6-10(8-11(15)18)27(24,25)23-16-9-14(21-22-16)17-19-12-4-2-3-5-13(12)20-17/h2-9H,1H3,(H,19,20)(H2,21,22,23). The van der Waals surface area contributed by atoms with Crippen molar-refractivity contribution in [2.24, 2.45) is 0 Å². The molecule has 0 saturated carbocycles. The van der Waals surface area contributed by atoms with Gasteiger partial charge >= 0.3 is 0 Å². The largest absolute Gasteiger partial charge is 0.495 e. The van der Waals surface area contributed by atoms with E-state index in [-0.39, 0.29) is 15.7 Å². The SMILES string of the molecule is COc1ccc(S(=O)(=O)Nc2cc(-c3nc4ccccc4[nH]3)[nH]n2)cc1Cl. The molecule has 0 saturated heterocycles. The summed E-state index contributed by atoms with van der Waals surface area (Å²) in [5, 5.41) is 6.97. The van der Waals surface area contributed by atoms with Gasteiger partial charge in [0.1, 0.15) is 11.4 Å². The highest BCUT2D eigenvalue weighted by molar-refractivity contribution is 7.92. The number of aromatic amines is 2. The minimum Gasteiger partial charge on any atom is -0.495 e. The Labute approximate surface area is 159 Å². The molecule has 0 unspecified atom stereocenters. The number of hydrogen-bond donors (Lipinski definition) is 3. The minimum absolute atomic E-state index is 0.00147. The second kappa shape index (κ2) is 6.60. The minimum atomic E-state index is -3.86. The van der Waals surface area contributed by atoms with E-state index in [1.165, 1.54) is 25.3 Å². The van der Waals surface area contributed by atoms with Gasteiger partial charge in [-0.1, -0.05) is 23.7 Å². The number of imidazole rings is 1. The van der Waals surface area contributed by atoms with Crippen molar-refractivity contribution in [3.8, 4) is 17.3 Å². The van der Waals surface area contributed by atoms with E-state index in [4.69, 9.17) is 16.3 Å². The number of sulfonamides is 1. The van der Waals surface area contributed by atoms with E-state index >= 15 is 0 Å². The van der Waals surface area contributed by atoms with Gasteiger partial charge in [-0.15, -0.1) is 0 Å². The van der Waals surface area contributed by atoms with Gasteiger partial charge < -0.3 is 9.72 Å². The lowest BCUT2D eigenvalue weighted by Gasteiger charge is -2.07. The predicted molar refractivity (Wildman–Crippen MR) is 102 cm³/mol. The van der Waals surface area contributed by atoms with Gasteiger partial charge in [0.25, 0.3) is 10.0 Å². The van der Waals surface area contributed by atoms with Crippen LogP contribution in [-0.2, 0) is 10.0 Å². The van der Waals surface area contributed by atoms with Crippen LogP contribution < -0.4 is 9.46 Å². The third-order valence-corrected chi connectivity index (χ3v) is 5.54. The number of hydrogen-bond acceptors (Lipinski definition) is 5. The summed E-state index contributed by atoms with van der Waals surface area (Å²) in [6.07, 6.45) is 0. The molecule has 4 rings (SSSR count). The van der Waals surface area contributed by atoms with E-state index < -0.39 is 10.0 Å². The molecule has 0 amide bonds. The molecule has 0 bridgehead atoms. The summed E-state index contributed by atoms with van der Waals surface area (Å²) in [7, 11) is -2.40. The van der Waals surface area contributed by atoms with Crippen molar-refractivity contribution in [3.05, 3.63) is 53.6 Å². The molecule has 0 atom stereocenters. The molecule has 0 radical (unpaired) electrons. The van der Waals surface area contributed by atoms with Crippen molar-refractivity contribution in [1.82, 2.24) is 20.2 Å². The van der Waals surface area contributed by atoms with Gasteiger partial charge in [0.15, 0.2) is 11.6 Å². The highest BCUT2D eigenvalue weighted by Gasteiger charge is 2.18. The van der Waals surface area contributed by atoms with Crippen molar-refractivity contribution < 1.29 is 13.2 Å². The Balaban J connectivity index is 1.60. The Morgan fingerprint density at radius 2 is 1.96 bits per heavy atom. The smallest absolute Gasteiger partial charge is 0.263 e. The molecule has 2 heterocycles. The Morgan fingerprint density at radius 1 is 1.15 bits per heavy atom. The normalized spacial score (nSPS) is 11.6. The van der Waals surface area contributed by atoms with E-state index in [1.807, 2.05) is 24.3 Å². The van der Waals surface area contributed by atoms with Gasteiger partial charge in [0.05, 0.1) is 28.1 Å². The first-order valence-corrected chi connectivity index (χ1v) is 9.69. The van der Waals surface area contributed by atoms with E-state index in [0.29, 0.717) is 17.3 Å². The van der Waals surface area contributed by atoms with E-state index in [2.05, 4.69) is 24.9 Å². The van der Waals surface area contributed by atoms with Gasteiger partial charge in [-0.05, 0) is 30.3 Å². The summed E-state index contributed by atoms with van der Waals surface area (Å²) in [5.74, 6) is 1.08. The van der Waals surface area contributed by atoms with Gasteiger partial charge in [0.2, 0.25) is 0 Å². The average molecular weight is 404 g/mol. The van der Waals surface area contributed by atoms with Crippen molar-refractivity contribution in [1.29, 1.82) is 0 Å². The second-order valence-corrected chi connectivity index (χ2v) is 7.76. The van der Waals surface area contributed by atoms with Crippen molar-refractivity contribution >= 4 is 38.5 Å². The summed E-state index contributed by atoms with van der Waals surface area (Å²) in [4.78, 5) is 7.60. The summed E-state index contributed by atoms with van der Waals surface area (Å²) >= 11 is 6.01. The number of methoxy groups -OCH3 is 1. The van der Waals surface area contributed by atoms with Crippen molar-refractivity contribution in [2.45, 2.75) is 4.90 Å². The molecule has 4 aromatic rings. The van der Waals surface area contributed by atoms with Crippen LogP contribution in [0.1, 0.15) is 0 Å². The van der Waals surface area contributed by atoms with E-state index in [1.54, 1.807) is 6.07 Å². The molecular weight excluding hydrogens is 390 g/mol. The molecule has 2 aromatic heterocycles. The number of benzene rings is 2. The van der Waals surface area contributed by atoms with Crippen LogP contribution in [0.15, 0.2) is 53.4 Å². The third kappa shape index (κ3) is 3.34. The Bertz CT molecular complexity index is 1200. The monoisotopic (exact) mass is 403 g/mol. The first-order valence-electron chi connectivity index (χ1n) is 7.83. The lowest BCUT2D eigenvalue weighted by molar-refractivity contribution is 0.414. The lowest BCUT2D eigenvalue weighted by atomic mass is 10.3. The quantitative estimate of drug-likeness (QED) is 0.472. The number of nitrogens with one attached hydrogen (secondary N) is 3. The maximum absolute atomic E-state index is 12.6. The number of halogens is 1. The van der Waals surface area contributed by atoms with Crippen LogP contribution in [-0.4, -0.2) is 35.7 Å². The molecule has 0 aliphatic heterocycles. The van der Waals surface area contributed by atoms with Crippen LogP contribution >= 0.6 is 11.6 Å². The van der Waals surface area contributed by atoms with Crippen molar-refractivity contribution in [2.75, 3.05) is 11.8 Å². The maximum Gasteiger partial charge on any atom is 0.263 e. The lowest BCUT2D eigenvalue weighted by Crippen LogP contribution is -2.13. The van der Waals surface area contributed by atoms with Gasteiger partial charge in [-0.3, -0.25) is 9.82 Å². The zero-order chi connectivity index (χ0) is 19.0. The molecule has 0 aliphatic carbocycles. The number of aromatic nitrogens is 4. The molecule has 138 valence electrons. The van der Waals surface area contributed by atoms with E-state index in [0.717, 1.165) is 11.0 Å². The molecule has 0 fully saturated rings. The topological polar surface area (TPSA) is 113 Å². The highest BCUT2D eigenvalue weighted by atomic mass is 35.5. The zero-order valence-corrected chi connectivity index (χ0v) is 15.6. The Kier molecular flexibility index (Phi) is 4.25. The first-order chi connectivity index (χ1) is 13.0. The number of para-hydroxylation sites is 2. The Morgan fingerprint density at radius 3 is 2.70 bits per heavy atom. The van der Waals surface area contributed by atoms with Crippen LogP contribution in [0.5, 0.6) is 5.75 Å². The fourth-order valence-corrected chi connectivity index (χ4v) is 3.93.